The largest absolute Gasteiger partial charge is 0.451 e. The molecule has 2 atom stereocenters. The fourth-order valence-electron chi connectivity index (χ4n) is 3.89. The van der Waals surface area contributed by atoms with Crippen LogP contribution in [-0.2, 0) is 30.7 Å². The summed E-state index contributed by atoms with van der Waals surface area (Å²) in [5, 5.41) is 0.394. The van der Waals surface area contributed by atoms with Crippen molar-refractivity contribution in [2.24, 2.45) is 5.73 Å². The fourth-order valence-corrected chi connectivity index (χ4v) is 6.48. The molecular formula is C22H24ClF2N5O7S2. The first kappa shape index (κ1) is 29.1. The number of nitrogens with two attached hydrogens (primary N) is 1. The van der Waals surface area contributed by atoms with Crippen LogP contribution in [0.25, 0.3) is 0 Å². The molecule has 1 unspecified atom stereocenters. The number of hydrogen-bond acceptors (Lipinski definition) is 7. The Morgan fingerprint density at radius 2 is 1.69 bits per heavy atom. The lowest BCUT2D eigenvalue weighted by Gasteiger charge is -2.38. The van der Waals surface area contributed by atoms with Crippen molar-refractivity contribution in [2.45, 2.75) is 10.9 Å². The first-order valence-corrected chi connectivity index (χ1v) is 14.4. The van der Waals surface area contributed by atoms with Crippen LogP contribution in [0.4, 0.5) is 13.6 Å². The van der Waals surface area contributed by atoms with E-state index in [9.17, 15) is 31.0 Å². The van der Waals surface area contributed by atoms with Gasteiger partial charge in [-0.05, 0) is 36.4 Å². The number of benzene rings is 2. The molecular weight excluding hydrogens is 584 g/mol. The number of nitrogens with one attached hydrogen (secondary N) is 1. The summed E-state index contributed by atoms with van der Waals surface area (Å²) in [6.07, 6.45) is 0. The van der Waals surface area contributed by atoms with Gasteiger partial charge >= 0.3 is 16.2 Å². The minimum absolute atomic E-state index is 0.109. The minimum Gasteiger partial charge on any atom is -0.451 e. The van der Waals surface area contributed by atoms with Crippen molar-refractivity contribution in [2.75, 3.05) is 45.9 Å². The molecule has 2 fully saturated rings. The molecule has 0 bridgehead atoms. The van der Waals surface area contributed by atoms with Crippen LogP contribution in [0.1, 0.15) is 0 Å². The van der Waals surface area contributed by atoms with E-state index in [1.165, 1.54) is 29.2 Å². The van der Waals surface area contributed by atoms with Crippen molar-refractivity contribution in [1.82, 2.24) is 18.2 Å². The van der Waals surface area contributed by atoms with E-state index in [0.717, 1.165) is 20.7 Å². The van der Waals surface area contributed by atoms with Crippen LogP contribution in [0, 0.1) is 11.6 Å². The van der Waals surface area contributed by atoms with Crippen molar-refractivity contribution < 1.29 is 40.5 Å². The van der Waals surface area contributed by atoms with Crippen LogP contribution in [0.5, 0.6) is 11.5 Å². The van der Waals surface area contributed by atoms with E-state index in [1.807, 2.05) is 4.72 Å². The molecule has 2 aromatic carbocycles. The van der Waals surface area contributed by atoms with Gasteiger partial charge in [-0.2, -0.15) is 12.7 Å². The molecule has 2 aliphatic rings. The predicted molar refractivity (Wildman–Crippen MR) is 135 cm³/mol. The minimum atomic E-state index is -4.39. The standard InChI is InChI=1S/C22H24ClF2N5O7S2/c23-14-1-3-15(4-2-14)37-20-17(24)11-16(12-18(20)25)38(33)30-6-5-29(13-19(30)21(26)31)39(34,35)27-22(32)28-7-9-36-10-8-28/h1-4,11-12,19H,5-10,13H2,(H2,26,31)(H,27,32)/t19-,38?/m1/s1. The Morgan fingerprint density at radius 3 is 2.28 bits per heavy atom. The van der Waals surface area contributed by atoms with Gasteiger partial charge in [-0.3, -0.25) is 4.79 Å². The summed E-state index contributed by atoms with van der Waals surface area (Å²) in [6, 6.07) is 5.03. The van der Waals surface area contributed by atoms with Gasteiger partial charge in [-0.15, -0.1) is 0 Å². The van der Waals surface area contributed by atoms with Crippen LogP contribution in [-0.4, -0.2) is 90.1 Å². The highest BCUT2D eigenvalue weighted by atomic mass is 35.5. The number of nitrogens with zero attached hydrogens (tertiary/aromatic N) is 3. The SMILES string of the molecule is NC(=O)[C@H]1CN(S(=O)(=O)NC(=O)N2CCOCC2)CCN1S(=O)c1cc(F)c(Oc2ccc(Cl)cc2)c(F)c1. The van der Waals surface area contributed by atoms with Gasteiger partial charge in [0.1, 0.15) is 22.8 Å². The number of primary amides is 1. The molecule has 2 aliphatic heterocycles. The van der Waals surface area contributed by atoms with E-state index >= 15 is 0 Å². The third-order valence-corrected chi connectivity index (χ3v) is 9.09. The zero-order valence-electron chi connectivity index (χ0n) is 20.2. The highest BCUT2D eigenvalue weighted by molar-refractivity contribution is 7.87. The Hall–Kier alpha value is -2.89. The van der Waals surface area contributed by atoms with Crippen LogP contribution < -0.4 is 15.2 Å². The van der Waals surface area contributed by atoms with Gasteiger partial charge in [0.15, 0.2) is 17.4 Å². The molecule has 0 aliphatic carbocycles. The number of urea groups is 1. The lowest BCUT2D eigenvalue weighted by Crippen LogP contribution is -2.62. The van der Waals surface area contributed by atoms with Crippen molar-refractivity contribution >= 4 is 44.7 Å². The quantitative estimate of drug-likeness (QED) is 0.480. The summed E-state index contributed by atoms with van der Waals surface area (Å²) in [7, 11) is -6.70. The molecule has 3 amide bonds. The highest BCUT2D eigenvalue weighted by Crippen LogP contribution is 2.31. The van der Waals surface area contributed by atoms with Gasteiger partial charge in [0.25, 0.3) is 0 Å². The van der Waals surface area contributed by atoms with Crippen molar-refractivity contribution in [1.29, 1.82) is 0 Å². The van der Waals surface area contributed by atoms with E-state index in [0.29, 0.717) is 5.02 Å². The van der Waals surface area contributed by atoms with Gasteiger partial charge in [0.05, 0.1) is 18.1 Å². The lowest BCUT2D eigenvalue weighted by atomic mass is 10.2. The van der Waals surface area contributed by atoms with Gasteiger partial charge in [0.2, 0.25) is 5.91 Å². The van der Waals surface area contributed by atoms with E-state index < -0.39 is 63.1 Å². The molecule has 2 saturated heterocycles. The third kappa shape index (κ3) is 6.82. The molecule has 0 radical (unpaired) electrons. The molecule has 0 spiro atoms. The number of piperazine rings is 1. The number of hydrogen-bond donors (Lipinski definition) is 2. The fraction of sp³-hybridized carbons (Fsp3) is 0.364. The molecule has 39 heavy (non-hydrogen) atoms. The molecule has 17 heteroatoms. The topological polar surface area (TPSA) is 152 Å². The number of amides is 3. The molecule has 0 aromatic heterocycles. The molecule has 2 heterocycles. The Balaban J connectivity index is 1.48. The highest BCUT2D eigenvalue weighted by Gasteiger charge is 2.40. The van der Waals surface area contributed by atoms with Crippen molar-refractivity contribution in [3.8, 4) is 11.5 Å². The number of ether oxygens (including phenoxy) is 2. The van der Waals surface area contributed by atoms with E-state index in [1.54, 1.807) is 0 Å². The maximum Gasteiger partial charge on any atom is 0.332 e. The molecule has 0 saturated carbocycles. The zero-order chi connectivity index (χ0) is 28.3. The van der Waals surface area contributed by atoms with Crippen LogP contribution >= 0.6 is 11.6 Å². The van der Waals surface area contributed by atoms with Crippen LogP contribution in [0.15, 0.2) is 41.3 Å². The van der Waals surface area contributed by atoms with Crippen LogP contribution in [0.2, 0.25) is 5.02 Å². The summed E-state index contributed by atoms with van der Waals surface area (Å²) < 4.78 is 82.6. The van der Waals surface area contributed by atoms with Crippen molar-refractivity contribution in [3.63, 3.8) is 0 Å². The number of carbonyl (C=O) groups excluding carboxylic acids is 2. The maximum absolute atomic E-state index is 14.8. The average molecular weight is 608 g/mol. The van der Waals surface area contributed by atoms with Gasteiger partial charge in [0, 0.05) is 37.7 Å². The summed E-state index contributed by atoms with van der Waals surface area (Å²) >= 11 is 5.79. The third-order valence-electron chi connectivity index (χ3n) is 5.90. The monoisotopic (exact) mass is 607 g/mol. The van der Waals surface area contributed by atoms with Gasteiger partial charge < -0.3 is 20.1 Å². The van der Waals surface area contributed by atoms with Crippen LogP contribution in [0.3, 0.4) is 0 Å². The van der Waals surface area contributed by atoms with E-state index in [4.69, 9.17) is 26.8 Å². The zero-order valence-corrected chi connectivity index (χ0v) is 22.6. The van der Waals surface area contributed by atoms with E-state index in [-0.39, 0.29) is 50.0 Å². The smallest absolute Gasteiger partial charge is 0.332 e. The Bertz CT molecular complexity index is 1350. The first-order valence-electron chi connectivity index (χ1n) is 11.5. The molecule has 3 N–H and O–H groups in total. The molecule has 12 nitrogen and oxygen atoms in total. The average Bonchev–Trinajstić information content (AvgIpc) is 2.91. The Labute approximate surface area is 230 Å². The second-order valence-electron chi connectivity index (χ2n) is 8.45. The second-order valence-corrected chi connectivity index (χ2v) is 12.0. The number of morpholine rings is 1. The molecule has 4 rings (SSSR count). The van der Waals surface area contributed by atoms with E-state index in [2.05, 4.69) is 0 Å². The molecule has 2 aromatic rings. The number of rotatable bonds is 7. The molecule has 212 valence electrons. The second kappa shape index (κ2) is 12.1. The normalized spacial score (nSPS) is 19.9. The summed E-state index contributed by atoms with van der Waals surface area (Å²) in [5.41, 5.74) is 5.45. The first-order chi connectivity index (χ1) is 18.5. The predicted octanol–water partition coefficient (Wildman–Crippen LogP) is 1.19. The summed E-state index contributed by atoms with van der Waals surface area (Å²) in [4.78, 5) is 25.5. The maximum atomic E-state index is 14.8. The Kier molecular flexibility index (Phi) is 9.03. The van der Waals surface area contributed by atoms with Gasteiger partial charge in [-0.25, -0.2) is 26.8 Å². The van der Waals surface area contributed by atoms with Gasteiger partial charge in [-0.1, -0.05) is 11.6 Å². The van der Waals surface area contributed by atoms with Crippen molar-refractivity contribution in [3.05, 3.63) is 53.1 Å². The lowest BCUT2D eigenvalue weighted by molar-refractivity contribution is -0.122. The number of carbonyl (C=O) groups is 2. The summed E-state index contributed by atoms with van der Waals surface area (Å²) in [6.45, 7) is -0.198. The summed E-state index contributed by atoms with van der Waals surface area (Å²) in [5.74, 6) is -3.97. The number of halogens is 3. The Morgan fingerprint density at radius 1 is 1.08 bits per heavy atom.